The largest absolute Gasteiger partial charge is 0.326 e. The van der Waals surface area contributed by atoms with Gasteiger partial charge in [-0.05, 0) is 30.5 Å². The van der Waals surface area contributed by atoms with E-state index in [0.29, 0.717) is 17.9 Å². The molecule has 1 aromatic carbocycles. The Bertz CT molecular complexity index is 724. The maximum absolute atomic E-state index is 12.5. The first-order valence-electron chi connectivity index (χ1n) is 6.68. The lowest BCUT2D eigenvalue weighted by molar-refractivity contribution is 0.580. The first-order chi connectivity index (χ1) is 9.97. The van der Waals surface area contributed by atoms with Gasteiger partial charge in [0.25, 0.3) is 0 Å². The summed E-state index contributed by atoms with van der Waals surface area (Å²) in [5, 5.41) is 0. The third kappa shape index (κ3) is 3.68. The number of nitrogens with zero attached hydrogens (tertiary/aromatic N) is 1. The summed E-state index contributed by atoms with van der Waals surface area (Å²) in [4.78, 5) is 5.36. The number of benzene rings is 1. The molecule has 1 aromatic heterocycles. The van der Waals surface area contributed by atoms with Crippen molar-refractivity contribution in [2.24, 2.45) is 5.73 Å². The Kier molecular flexibility index (Phi) is 5.10. The van der Waals surface area contributed by atoms with Crippen molar-refractivity contribution in [1.82, 2.24) is 9.71 Å². The summed E-state index contributed by atoms with van der Waals surface area (Å²) in [6.45, 7) is 4.38. The third-order valence-electron chi connectivity index (χ3n) is 3.31. The zero-order valence-electron chi connectivity index (χ0n) is 12.1. The first-order valence-corrected chi connectivity index (χ1v) is 9.04. The predicted molar refractivity (Wildman–Crippen MR) is 84.6 cm³/mol. The van der Waals surface area contributed by atoms with Crippen molar-refractivity contribution >= 4 is 21.4 Å². The molecule has 0 radical (unpaired) electrons. The highest BCUT2D eigenvalue weighted by Crippen LogP contribution is 2.20. The van der Waals surface area contributed by atoms with Gasteiger partial charge in [0.1, 0.15) is 0 Å². The molecule has 0 fully saturated rings. The van der Waals surface area contributed by atoms with Gasteiger partial charge < -0.3 is 5.73 Å². The average Bonchev–Trinajstić information content (AvgIpc) is 2.90. The fraction of sp³-hybridized carbons (Fsp3) is 0.357. The van der Waals surface area contributed by atoms with E-state index in [-0.39, 0.29) is 6.54 Å². The van der Waals surface area contributed by atoms with Crippen LogP contribution in [0.25, 0.3) is 0 Å². The van der Waals surface area contributed by atoms with Crippen LogP contribution in [0.5, 0.6) is 0 Å². The fourth-order valence-corrected chi connectivity index (χ4v) is 4.16. The number of hydrogen-bond donors (Lipinski definition) is 2. The molecule has 0 bridgehead atoms. The van der Waals surface area contributed by atoms with E-state index < -0.39 is 10.0 Å². The van der Waals surface area contributed by atoms with Crippen LogP contribution in [0.1, 0.15) is 28.6 Å². The third-order valence-corrected chi connectivity index (χ3v) is 5.72. The van der Waals surface area contributed by atoms with Gasteiger partial charge in [-0.2, -0.15) is 0 Å². The summed E-state index contributed by atoms with van der Waals surface area (Å²) >= 11 is 1.44. The summed E-state index contributed by atoms with van der Waals surface area (Å²) < 4.78 is 27.7. The zero-order chi connectivity index (χ0) is 15.5. The Hall–Kier alpha value is -1.28. The van der Waals surface area contributed by atoms with Gasteiger partial charge >= 0.3 is 0 Å². The molecule has 5 nitrogen and oxygen atoms in total. The van der Waals surface area contributed by atoms with E-state index in [2.05, 4.69) is 9.71 Å². The van der Waals surface area contributed by atoms with E-state index in [4.69, 9.17) is 5.73 Å². The summed E-state index contributed by atoms with van der Waals surface area (Å²) in [6, 6.07) is 5.35. The van der Waals surface area contributed by atoms with E-state index in [1.165, 1.54) is 11.3 Å². The quantitative estimate of drug-likeness (QED) is 0.850. The van der Waals surface area contributed by atoms with Crippen molar-refractivity contribution in [2.45, 2.75) is 38.3 Å². The lowest BCUT2D eigenvalue weighted by Crippen LogP contribution is -2.24. The van der Waals surface area contributed by atoms with Crippen molar-refractivity contribution in [2.75, 3.05) is 0 Å². The van der Waals surface area contributed by atoms with Crippen LogP contribution in [0.4, 0.5) is 0 Å². The highest BCUT2D eigenvalue weighted by Gasteiger charge is 2.18. The lowest BCUT2D eigenvalue weighted by atomic mass is 10.1. The number of sulfonamides is 1. The number of nitrogens with two attached hydrogens (primary N) is 1. The molecule has 2 rings (SSSR count). The summed E-state index contributed by atoms with van der Waals surface area (Å²) in [6.07, 6.45) is 0.653. The van der Waals surface area contributed by atoms with Crippen molar-refractivity contribution in [3.05, 3.63) is 45.4 Å². The van der Waals surface area contributed by atoms with Crippen LogP contribution in [0, 0.1) is 6.92 Å². The minimum absolute atomic E-state index is 0.259. The topological polar surface area (TPSA) is 85.1 Å². The second kappa shape index (κ2) is 6.65. The van der Waals surface area contributed by atoms with E-state index in [9.17, 15) is 8.42 Å². The van der Waals surface area contributed by atoms with Gasteiger partial charge in [0, 0.05) is 18.0 Å². The van der Waals surface area contributed by atoms with Crippen LogP contribution in [0.2, 0.25) is 0 Å². The lowest BCUT2D eigenvalue weighted by Gasteiger charge is -2.12. The molecule has 0 aliphatic heterocycles. The standard InChI is InChI=1S/C14H19N3O2S2/c1-3-12-5-4-11(7-15)6-14(12)21(18,19)17-8-13-10(2)16-9-20-13/h4-6,9,17H,3,7-8,15H2,1-2H3. The molecule has 0 aliphatic rings. The van der Waals surface area contributed by atoms with E-state index >= 15 is 0 Å². The van der Waals surface area contributed by atoms with Gasteiger partial charge in [0.2, 0.25) is 10.0 Å². The molecule has 0 saturated heterocycles. The molecule has 0 atom stereocenters. The molecular formula is C14H19N3O2S2. The molecule has 0 unspecified atom stereocenters. The van der Waals surface area contributed by atoms with Crippen LogP contribution in [0.3, 0.4) is 0 Å². The molecular weight excluding hydrogens is 306 g/mol. The molecule has 7 heteroatoms. The highest BCUT2D eigenvalue weighted by molar-refractivity contribution is 7.89. The molecule has 0 amide bonds. The second-order valence-electron chi connectivity index (χ2n) is 4.69. The Labute approximate surface area is 129 Å². The van der Waals surface area contributed by atoms with Crippen molar-refractivity contribution in [3.63, 3.8) is 0 Å². The maximum Gasteiger partial charge on any atom is 0.241 e. The van der Waals surface area contributed by atoms with Crippen LogP contribution in [-0.4, -0.2) is 13.4 Å². The average molecular weight is 325 g/mol. The number of nitrogens with one attached hydrogen (secondary N) is 1. The van der Waals surface area contributed by atoms with Gasteiger partial charge in [-0.3, -0.25) is 0 Å². The highest BCUT2D eigenvalue weighted by atomic mass is 32.2. The van der Waals surface area contributed by atoms with Gasteiger partial charge in [-0.1, -0.05) is 19.1 Å². The Balaban J connectivity index is 2.28. The van der Waals surface area contributed by atoms with E-state index in [0.717, 1.165) is 21.7 Å². The minimum atomic E-state index is -3.56. The molecule has 0 aliphatic carbocycles. The molecule has 0 saturated carbocycles. The molecule has 3 N–H and O–H groups in total. The SMILES string of the molecule is CCc1ccc(CN)cc1S(=O)(=O)NCc1scnc1C. The fourth-order valence-electron chi connectivity index (χ4n) is 2.00. The van der Waals surface area contributed by atoms with Gasteiger partial charge in [-0.15, -0.1) is 11.3 Å². The summed E-state index contributed by atoms with van der Waals surface area (Å²) in [5.41, 5.74) is 9.77. The maximum atomic E-state index is 12.5. The van der Waals surface area contributed by atoms with Crippen LogP contribution in [-0.2, 0) is 29.5 Å². The molecule has 21 heavy (non-hydrogen) atoms. The summed E-state index contributed by atoms with van der Waals surface area (Å²) in [5.74, 6) is 0. The monoisotopic (exact) mass is 325 g/mol. The minimum Gasteiger partial charge on any atom is -0.326 e. The van der Waals surface area contributed by atoms with Gasteiger partial charge in [-0.25, -0.2) is 18.1 Å². The molecule has 2 aromatic rings. The Morgan fingerprint density at radius 1 is 1.38 bits per heavy atom. The summed E-state index contributed by atoms with van der Waals surface area (Å²) in [7, 11) is -3.56. The Morgan fingerprint density at radius 2 is 2.14 bits per heavy atom. The number of rotatable bonds is 6. The van der Waals surface area contributed by atoms with Crippen LogP contribution < -0.4 is 10.5 Å². The number of aryl methyl sites for hydroxylation is 2. The van der Waals surface area contributed by atoms with E-state index in [1.807, 2.05) is 26.0 Å². The van der Waals surface area contributed by atoms with Crippen molar-refractivity contribution < 1.29 is 8.42 Å². The van der Waals surface area contributed by atoms with Gasteiger partial charge in [0.05, 0.1) is 16.1 Å². The zero-order valence-corrected chi connectivity index (χ0v) is 13.7. The molecule has 114 valence electrons. The van der Waals surface area contributed by atoms with Crippen LogP contribution in [0.15, 0.2) is 28.6 Å². The van der Waals surface area contributed by atoms with Crippen molar-refractivity contribution in [1.29, 1.82) is 0 Å². The number of aromatic nitrogens is 1. The number of hydrogen-bond acceptors (Lipinski definition) is 5. The van der Waals surface area contributed by atoms with Crippen LogP contribution >= 0.6 is 11.3 Å². The first kappa shape index (κ1) is 16.1. The van der Waals surface area contributed by atoms with Crippen molar-refractivity contribution in [3.8, 4) is 0 Å². The van der Waals surface area contributed by atoms with Gasteiger partial charge in [0.15, 0.2) is 0 Å². The number of thiazole rings is 1. The van der Waals surface area contributed by atoms with E-state index in [1.54, 1.807) is 11.6 Å². The normalized spacial score (nSPS) is 11.8. The second-order valence-corrected chi connectivity index (χ2v) is 7.36. The molecule has 1 heterocycles. The molecule has 0 spiro atoms. The smallest absolute Gasteiger partial charge is 0.241 e. The Morgan fingerprint density at radius 3 is 2.71 bits per heavy atom. The predicted octanol–water partition coefficient (Wildman–Crippen LogP) is 1.95.